The van der Waals surface area contributed by atoms with Crippen LogP contribution < -0.4 is 15.1 Å². The van der Waals surface area contributed by atoms with Crippen molar-refractivity contribution in [1.29, 1.82) is 0 Å². The van der Waals surface area contributed by atoms with E-state index in [2.05, 4.69) is 10.5 Å². The third kappa shape index (κ3) is 4.16. The third-order valence-electron chi connectivity index (χ3n) is 9.33. The molecule has 2 atom stereocenters. The summed E-state index contributed by atoms with van der Waals surface area (Å²) in [6.45, 7) is 1.68. The summed E-state index contributed by atoms with van der Waals surface area (Å²) < 4.78 is 5.24. The third-order valence-corrected chi connectivity index (χ3v) is 9.33. The van der Waals surface area contributed by atoms with Crippen molar-refractivity contribution in [3.8, 4) is 5.75 Å². The number of carbonyl (C=O) groups excluding carboxylic acids is 3. The van der Waals surface area contributed by atoms with E-state index in [-0.39, 0.29) is 28.4 Å². The van der Waals surface area contributed by atoms with Gasteiger partial charge in [0.15, 0.2) is 0 Å². The lowest BCUT2D eigenvalue weighted by Gasteiger charge is -2.52. The van der Waals surface area contributed by atoms with Crippen molar-refractivity contribution in [3.63, 3.8) is 0 Å². The van der Waals surface area contributed by atoms with E-state index in [4.69, 9.17) is 4.74 Å². The molecule has 1 N–H and O–H groups in total. The second-order valence-corrected chi connectivity index (χ2v) is 11.6. The molecule has 0 aromatic heterocycles. The topological polar surface area (TPSA) is 174 Å². The minimum absolute atomic E-state index is 0.0855. The first-order valence-corrected chi connectivity index (χ1v) is 14.6. The van der Waals surface area contributed by atoms with Crippen LogP contribution in [0, 0.1) is 39.0 Å². The summed E-state index contributed by atoms with van der Waals surface area (Å²) in [5, 5.41) is 27.8. The molecule has 13 nitrogen and oxygen atoms in total. The quantitative estimate of drug-likeness (QED) is 0.131. The Morgan fingerprint density at radius 1 is 0.915 bits per heavy atom. The fourth-order valence-corrected chi connectivity index (χ4v) is 7.50. The highest BCUT2D eigenvalue weighted by molar-refractivity contribution is 6.25. The molecule has 4 aliphatic rings. The van der Waals surface area contributed by atoms with Gasteiger partial charge in [-0.25, -0.2) is 10.3 Å². The zero-order chi connectivity index (χ0) is 33.2. The number of aryl methyl sites for hydroxylation is 1. The van der Waals surface area contributed by atoms with Gasteiger partial charge in [-0.2, -0.15) is 5.10 Å². The number of nitrogens with one attached hydrogen (secondary N) is 1. The number of hydrogen-bond acceptors (Lipinski definition) is 9. The van der Waals surface area contributed by atoms with Crippen LogP contribution >= 0.6 is 0 Å². The highest BCUT2D eigenvalue weighted by Gasteiger charge is 2.68. The smallest absolute Gasteiger partial charge is 0.293 e. The Labute approximate surface area is 266 Å². The molecule has 0 spiro atoms. The van der Waals surface area contributed by atoms with Gasteiger partial charge < -0.3 is 4.74 Å². The van der Waals surface area contributed by atoms with Gasteiger partial charge in [-0.15, -0.1) is 0 Å². The zero-order valence-corrected chi connectivity index (χ0v) is 24.9. The number of rotatable bonds is 7. The average molecular weight is 632 g/mol. The van der Waals surface area contributed by atoms with Gasteiger partial charge in [-0.1, -0.05) is 54.6 Å². The molecule has 0 unspecified atom stereocenters. The van der Waals surface area contributed by atoms with E-state index >= 15 is 0 Å². The predicted molar refractivity (Wildman–Crippen MR) is 168 cm³/mol. The lowest BCUT2D eigenvalue weighted by atomic mass is 9.47. The van der Waals surface area contributed by atoms with Crippen molar-refractivity contribution in [3.05, 3.63) is 139 Å². The second kappa shape index (κ2) is 10.7. The minimum Gasteiger partial charge on any atom is -0.496 e. The molecule has 1 aliphatic heterocycles. The second-order valence-electron chi connectivity index (χ2n) is 11.6. The molecule has 1 saturated heterocycles. The van der Waals surface area contributed by atoms with E-state index in [0.29, 0.717) is 16.7 Å². The molecule has 0 saturated carbocycles. The van der Waals surface area contributed by atoms with E-state index in [9.17, 15) is 34.6 Å². The molecule has 1 fully saturated rings. The molecule has 1 heterocycles. The summed E-state index contributed by atoms with van der Waals surface area (Å²) in [6.07, 6.45) is 1.43. The van der Waals surface area contributed by atoms with Crippen LogP contribution in [0.5, 0.6) is 5.75 Å². The van der Waals surface area contributed by atoms with E-state index in [1.165, 1.54) is 37.6 Å². The summed E-state index contributed by atoms with van der Waals surface area (Å²) in [7, 11) is 1.32. The van der Waals surface area contributed by atoms with E-state index < -0.39 is 50.7 Å². The van der Waals surface area contributed by atoms with Crippen molar-refractivity contribution in [2.45, 2.75) is 18.3 Å². The van der Waals surface area contributed by atoms with Gasteiger partial charge >= 0.3 is 0 Å². The Kier molecular flexibility index (Phi) is 6.70. The Morgan fingerprint density at radius 3 is 2.19 bits per heavy atom. The molecule has 8 rings (SSSR count). The van der Waals surface area contributed by atoms with Crippen LogP contribution in [0.25, 0.3) is 0 Å². The number of ether oxygens (including phenoxy) is 1. The number of hydrogen-bond donors (Lipinski definition) is 1. The highest BCUT2D eigenvalue weighted by Crippen LogP contribution is 2.64. The summed E-state index contributed by atoms with van der Waals surface area (Å²) >= 11 is 0. The van der Waals surface area contributed by atoms with E-state index in [0.717, 1.165) is 22.1 Å². The number of non-ortho nitro benzene ring substituents is 1. The number of carbonyl (C=O) groups is 3. The normalized spacial score (nSPS) is 22.1. The van der Waals surface area contributed by atoms with Crippen LogP contribution in [0.3, 0.4) is 0 Å². The summed E-state index contributed by atoms with van der Waals surface area (Å²) in [5.41, 5.74) is 3.73. The lowest BCUT2D eigenvalue weighted by Crippen LogP contribution is -2.54. The number of benzene rings is 4. The summed E-state index contributed by atoms with van der Waals surface area (Å²) in [5.74, 6) is -4.40. The Morgan fingerprint density at radius 2 is 1.57 bits per heavy atom. The minimum atomic E-state index is -1.37. The first-order chi connectivity index (χ1) is 22.6. The van der Waals surface area contributed by atoms with Gasteiger partial charge in [0, 0.05) is 30.3 Å². The summed E-state index contributed by atoms with van der Waals surface area (Å²) in [6, 6.07) is 22.7. The van der Waals surface area contributed by atoms with Gasteiger partial charge in [0.05, 0.1) is 39.8 Å². The molecular weight excluding hydrogens is 606 g/mol. The lowest BCUT2D eigenvalue weighted by molar-refractivity contribution is -0.384. The highest BCUT2D eigenvalue weighted by atomic mass is 16.6. The Balaban J connectivity index is 1.39. The molecule has 2 bridgehead atoms. The Hall–Kier alpha value is -6.24. The maximum atomic E-state index is 14.6. The number of hydrazone groups is 1. The number of imide groups is 1. The van der Waals surface area contributed by atoms with Crippen molar-refractivity contribution < 1.29 is 29.0 Å². The molecule has 4 aromatic rings. The van der Waals surface area contributed by atoms with Crippen LogP contribution in [-0.2, 0) is 15.0 Å². The number of nitrogens with zero attached hydrogens (tertiary/aromatic N) is 4. The predicted octanol–water partition coefficient (Wildman–Crippen LogP) is 4.79. The van der Waals surface area contributed by atoms with Crippen molar-refractivity contribution in [2.24, 2.45) is 16.9 Å². The van der Waals surface area contributed by atoms with Crippen molar-refractivity contribution >= 4 is 41.0 Å². The molecule has 0 radical (unpaired) electrons. The van der Waals surface area contributed by atoms with Crippen LogP contribution in [0.1, 0.15) is 44.1 Å². The van der Waals surface area contributed by atoms with E-state index in [1.807, 2.05) is 48.5 Å². The van der Waals surface area contributed by atoms with E-state index in [1.54, 1.807) is 13.0 Å². The van der Waals surface area contributed by atoms with Crippen molar-refractivity contribution in [2.75, 3.05) is 12.0 Å². The van der Waals surface area contributed by atoms with Crippen LogP contribution in [0.4, 0.5) is 17.1 Å². The number of nitro benzene ring substituents is 2. The standard InChI is InChI=1S/C34H25N5O8/c1-18-11-13-25(26(15-18)39(45)46)37-32(41)29-28-20-7-3-5-9-23(20)34(30(29)33(37)42,24-10-6-4-8-21(24)28)17-35-36-31(40)22-16-19(38(43)44)12-14-27(22)47-2/h3-17,28-30H,1-2H3,(H,36,40)/b35-17-/t28?,29-,30+,34?/m0/s1. The fourth-order valence-electron chi connectivity index (χ4n) is 7.50. The molecule has 234 valence electrons. The zero-order valence-electron chi connectivity index (χ0n) is 24.9. The van der Waals surface area contributed by atoms with Gasteiger partial charge in [0.2, 0.25) is 11.8 Å². The van der Waals surface area contributed by atoms with Crippen LogP contribution in [0.2, 0.25) is 0 Å². The first kappa shape index (κ1) is 29.5. The maximum absolute atomic E-state index is 14.6. The first-order valence-electron chi connectivity index (χ1n) is 14.6. The number of anilines is 1. The number of nitro groups is 2. The molecule has 47 heavy (non-hydrogen) atoms. The monoisotopic (exact) mass is 631 g/mol. The molecular formula is C34H25N5O8. The molecule has 4 aromatic carbocycles. The number of amides is 3. The fraction of sp³-hybridized carbons (Fsp3) is 0.176. The Bertz CT molecular complexity index is 2040. The average Bonchev–Trinajstić information content (AvgIpc) is 3.34. The molecule has 13 heteroatoms. The summed E-state index contributed by atoms with van der Waals surface area (Å²) in [4.78, 5) is 65.4. The van der Waals surface area contributed by atoms with Gasteiger partial charge in [0.25, 0.3) is 17.3 Å². The van der Waals surface area contributed by atoms with Gasteiger partial charge in [-0.3, -0.25) is 34.6 Å². The SMILES string of the molecule is COc1ccc([N+](=O)[O-])cc1C(=O)N/N=C\C12c3ccccc3C(c3ccccc31)[C@@H]1C(=O)N(c3ccc(C)cc3[N+](=O)[O-])C(=O)[C@@H]12. The molecule has 3 aliphatic carbocycles. The maximum Gasteiger partial charge on any atom is 0.293 e. The van der Waals surface area contributed by atoms with Gasteiger partial charge in [0.1, 0.15) is 11.4 Å². The van der Waals surface area contributed by atoms with Crippen molar-refractivity contribution in [1.82, 2.24) is 5.43 Å². The van der Waals surface area contributed by atoms with Gasteiger partial charge in [-0.05, 0) is 46.9 Å². The largest absolute Gasteiger partial charge is 0.496 e. The van der Waals surface area contributed by atoms with Crippen LogP contribution in [0.15, 0.2) is 90.0 Å². The number of methoxy groups -OCH3 is 1. The molecule has 3 amide bonds. The van der Waals surface area contributed by atoms with Crippen LogP contribution in [-0.4, -0.2) is 40.9 Å².